The maximum Gasteiger partial charge on any atom is 0.338 e. The maximum absolute atomic E-state index is 12.2. The summed E-state index contributed by atoms with van der Waals surface area (Å²) in [7, 11) is 0. The van der Waals surface area contributed by atoms with E-state index in [0.29, 0.717) is 48.3 Å². The lowest BCUT2D eigenvalue weighted by molar-refractivity contribution is -0.144. The molecule has 1 unspecified atom stereocenters. The van der Waals surface area contributed by atoms with Crippen LogP contribution in [0.1, 0.15) is 56.4 Å². The predicted octanol–water partition coefficient (Wildman–Crippen LogP) is 5.99. The Balaban J connectivity index is 1.83. The molecule has 2 aromatic carbocycles. The second kappa shape index (κ2) is 11.7. The molecule has 1 aliphatic rings. The van der Waals surface area contributed by atoms with Crippen LogP contribution in [-0.2, 0) is 36.7 Å². The highest BCUT2D eigenvalue weighted by atomic mass is 16.6. The Morgan fingerprint density at radius 3 is 2.11 bits per heavy atom. The van der Waals surface area contributed by atoms with Gasteiger partial charge in [0.05, 0.1) is 6.61 Å². The SMILES string of the molecule is C=C(C)C(=O)OCCCc1ccc(-c2ccc(OC(=O)C(=C)C)c3c2CCC3OC(=O)C(=C)C)cc1. The van der Waals surface area contributed by atoms with E-state index in [1.807, 2.05) is 30.3 Å². The molecule has 0 spiro atoms. The molecule has 0 heterocycles. The van der Waals surface area contributed by atoms with Gasteiger partial charge in [-0.25, -0.2) is 14.4 Å². The zero-order valence-electron chi connectivity index (χ0n) is 21.1. The summed E-state index contributed by atoms with van der Waals surface area (Å²) in [4.78, 5) is 36.0. The van der Waals surface area contributed by atoms with Crippen molar-refractivity contribution in [1.29, 1.82) is 0 Å². The molecule has 36 heavy (non-hydrogen) atoms. The van der Waals surface area contributed by atoms with Crippen molar-refractivity contribution < 1.29 is 28.6 Å². The molecule has 0 fully saturated rings. The summed E-state index contributed by atoms with van der Waals surface area (Å²) < 4.78 is 16.4. The Kier molecular flexibility index (Phi) is 8.64. The maximum atomic E-state index is 12.2. The van der Waals surface area contributed by atoms with Gasteiger partial charge < -0.3 is 14.2 Å². The van der Waals surface area contributed by atoms with Gasteiger partial charge in [0.2, 0.25) is 0 Å². The van der Waals surface area contributed by atoms with E-state index in [4.69, 9.17) is 14.2 Å². The molecule has 0 bridgehead atoms. The first-order valence-corrected chi connectivity index (χ1v) is 11.9. The monoisotopic (exact) mass is 488 g/mol. The molecule has 6 heteroatoms. The van der Waals surface area contributed by atoms with Gasteiger partial charge in [0.1, 0.15) is 11.9 Å². The van der Waals surface area contributed by atoms with Crippen LogP contribution in [0.4, 0.5) is 0 Å². The Hall–Kier alpha value is -3.93. The first-order valence-electron chi connectivity index (χ1n) is 11.9. The molecule has 3 rings (SSSR count). The number of ether oxygens (including phenoxy) is 3. The number of hydrogen-bond acceptors (Lipinski definition) is 6. The number of esters is 3. The van der Waals surface area contributed by atoms with Crippen LogP contribution in [0.3, 0.4) is 0 Å². The smallest absolute Gasteiger partial charge is 0.338 e. The van der Waals surface area contributed by atoms with E-state index in [0.717, 1.165) is 28.7 Å². The van der Waals surface area contributed by atoms with Crippen LogP contribution in [0, 0.1) is 0 Å². The molecule has 0 N–H and O–H groups in total. The van der Waals surface area contributed by atoms with Crippen molar-refractivity contribution in [2.24, 2.45) is 0 Å². The van der Waals surface area contributed by atoms with Crippen molar-refractivity contribution in [1.82, 2.24) is 0 Å². The zero-order valence-corrected chi connectivity index (χ0v) is 21.1. The molecule has 0 saturated carbocycles. The van der Waals surface area contributed by atoms with Crippen LogP contribution in [0.2, 0.25) is 0 Å². The third kappa shape index (κ3) is 6.39. The fraction of sp³-hybridized carbons (Fsp3) is 0.300. The highest BCUT2D eigenvalue weighted by Gasteiger charge is 2.32. The second-order valence-corrected chi connectivity index (χ2v) is 9.10. The van der Waals surface area contributed by atoms with E-state index < -0.39 is 18.0 Å². The first-order chi connectivity index (χ1) is 17.1. The first kappa shape index (κ1) is 26.7. The number of fused-ring (bicyclic) bond motifs is 1. The number of carbonyl (C=O) groups is 3. The Labute approximate surface area is 212 Å². The molecule has 1 atom stereocenters. The van der Waals surface area contributed by atoms with E-state index in [9.17, 15) is 14.4 Å². The minimum atomic E-state index is -0.529. The van der Waals surface area contributed by atoms with Crippen LogP contribution < -0.4 is 4.74 Å². The van der Waals surface area contributed by atoms with Crippen LogP contribution in [0.5, 0.6) is 5.75 Å². The molecule has 0 amide bonds. The van der Waals surface area contributed by atoms with Gasteiger partial charge in [-0.15, -0.1) is 0 Å². The molecular weight excluding hydrogens is 456 g/mol. The molecular formula is C30H32O6. The average Bonchev–Trinajstić information content (AvgIpc) is 3.26. The largest absolute Gasteiger partial charge is 0.462 e. The molecule has 188 valence electrons. The minimum absolute atomic E-state index is 0.284. The minimum Gasteiger partial charge on any atom is -0.462 e. The fourth-order valence-corrected chi connectivity index (χ4v) is 3.99. The standard InChI is InChI=1S/C30H32O6/c1-18(2)28(31)34-17-7-8-21-9-11-22(12-10-21)23-13-15-25(35-29(32)19(3)4)27-24(23)14-16-26(27)36-30(33)20(5)6/h9-13,15,26H,1,3,5,7-8,14,16-17H2,2,4,6H3. The second-order valence-electron chi connectivity index (χ2n) is 9.10. The summed E-state index contributed by atoms with van der Waals surface area (Å²) in [5.74, 6) is -1.00. The zero-order chi connectivity index (χ0) is 26.4. The van der Waals surface area contributed by atoms with Gasteiger partial charge in [-0.3, -0.25) is 0 Å². The lowest BCUT2D eigenvalue weighted by atomic mass is 9.94. The van der Waals surface area contributed by atoms with E-state index in [1.165, 1.54) is 0 Å². The van der Waals surface area contributed by atoms with Crippen molar-refractivity contribution >= 4 is 17.9 Å². The van der Waals surface area contributed by atoms with Crippen molar-refractivity contribution in [3.05, 3.63) is 89.5 Å². The Morgan fingerprint density at radius 2 is 1.50 bits per heavy atom. The molecule has 0 aromatic heterocycles. The van der Waals surface area contributed by atoms with Gasteiger partial charge in [0.25, 0.3) is 0 Å². The molecule has 2 aromatic rings. The summed E-state index contributed by atoms with van der Waals surface area (Å²) in [6.45, 7) is 16.0. The lowest BCUT2D eigenvalue weighted by Gasteiger charge is -2.18. The van der Waals surface area contributed by atoms with Gasteiger partial charge in [0, 0.05) is 22.3 Å². The normalized spacial score (nSPS) is 13.9. The molecule has 0 radical (unpaired) electrons. The highest BCUT2D eigenvalue weighted by Crippen LogP contribution is 2.45. The van der Waals surface area contributed by atoms with E-state index in [1.54, 1.807) is 26.8 Å². The van der Waals surface area contributed by atoms with Crippen LogP contribution in [-0.4, -0.2) is 24.5 Å². The highest BCUT2D eigenvalue weighted by molar-refractivity contribution is 5.90. The van der Waals surface area contributed by atoms with Crippen LogP contribution >= 0.6 is 0 Å². The van der Waals surface area contributed by atoms with Gasteiger partial charge in [-0.05, 0) is 74.8 Å². The molecule has 1 aliphatic carbocycles. The fourth-order valence-electron chi connectivity index (χ4n) is 3.99. The molecule has 0 aliphatic heterocycles. The van der Waals surface area contributed by atoms with Crippen LogP contribution in [0.25, 0.3) is 11.1 Å². The van der Waals surface area contributed by atoms with E-state index in [2.05, 4.69) is 19.7 Å². The van der Waals surface area contributed by atoms with Gasteiger partial charge in [-0.2, -0.15) is 0 Å². The van der Waals surface area contributed by atoms with Crippen molar-refractivity contribution in [2.75, 3.05) is 6.61 Å². The summed E-state index contributed by atoms with van der Waals surface area (Å²) in [6.07, 6.45) is 2.22. The lowest BCUT2D eigenvalue weighted by Crippen LogP contribution is -2.14. The summed E-state index contributed by atoms with van der Waals surface area (Å²) in [5, 5.41) is 0. The summed E-state index contributed by atoms with van der Waals surface area (Å²) >= 11 is 0. The van der Waals surface area contributed by atoms with Crippen molar-refractivity contribution in [3.63, 3.8) is 0 Å². The average molecular weight is 489 g/mol. The third-order valence-electron chi connectivity index (χ3n) is 5.90. The summed E-state index contributed by atoms with van der Waals surface area (Å²) in [5.41, 5.74) is 5.81. The molecule has 6 nitrogen and oxygen atoms in total. The Bertz CT molecular complexity index is 1220. The quantitative estimate of drug-likeness (QED) is 0.177. The van der Waals surface area contributed by atoms with Gasteiger partial charge in [0.15, 0.2) is 0 Å². The topological polar surface area (TPSA) is 78.9 Å². The Morgan fingerprint density at radius 1 is 0.861 bits per heavy atom. The van der Waals surface area contributed by atoms with Gasteiger partial charge in [-0.1, -0.05) is 50.1 Å². The summed E-state index contributed by atoms with van der Waals surface area (Å²) in [6, 6.07) is 11.8. The predicted molar refractivity (Wildman–Crippen MR) is 138 cm³/mol. The number of carbonyl (C=O) groups excluding carboxylic acids is 3. The van der Waals surface area contributed by atoms with E-state index >= 15 is 0 Å². The van der Waals surface area contributed by atoms with E-state index in [-0.39, 0.29) is 11.5 Å². The third-order valence-corrected chi connectivity index (χ3v) is 5.90. The van der Waals surface area contributed by atoms with Gasteiger partial charge >= 0.3 is 17.9 Å². The number of aryl methyl sites for hydroxylation is 1. The molecule has 0 saturated heterocycles. The number of rotatable bonds is 10. The van der Waals surface area contributed by atoms with Crippen molar-refractivity contribution in [3.8, 4) is 16.9 Å². The van der Waals surface area contributed by atoms with Crippen LogP contribution in [0.15, 0.2) is 72.9 Å². The van der Waals surface area contributed by atoms with Crippen molar-refractivity contribution in [2.45, 2.75) is 52.6 Å². The number of hydrogen-bond donors (Lipinski definition) is 0. The number of benzene rings is 2.